The molecular formula is C22H28N4O3. The Morgan fingerprint density at radius 3 is 2.69 bits per heavy atom. The van der Waals surface area contributed by atoms with Crippen molar-refractivity contribution in [2.24, 2.45) is 0 Å². The Kier molecular flexibility index (Phi) is 6.24. The van der Waals surface area contributed by atoms with Gasteiger partial charge < -0.3 is 14.5 Å². The fourth-order valence-electron chi connectivity index (χ4n) is 4.10. The van der Waals surface area contributed by atoms with Crippen molar-refractivity contribution in [3.05, 3.63) is 53.3 Å². The van der Waals surface area contributed by atoms with Crippen LogP contribution in [0.25, 0.3) is 0 Å². The summed E-state index contributed by atoms with van der Waals surface area (Å²) in [4.78, 5) is 29.0. The number of H-pyrrole nitrogens is 1. The Bertz CT molecular complexity index is 830. The predicted octanol–water partition coefficient (Wildman–Crippen LogP) is 2.22. The molecule has 1 unspecified atom stereocenters. The summed E-state index contributed by atoms with van der Waals surface area (Å²) < 4.78 is 5.31. The van der Waals surface area contributed by atoms with Crippen molar-refractivity contribution in [2.45, 2.75) is 31.6 Å². The Balaban J connectivity index is 1.34. The summed E-state index contributed by atoms with van der Waals surface area (Å²) in [7, 11) is 0. The minimum atomic E-state index is -0.0533. The summed E-state index contributed by atoms with van der Waals surface area (Å²) in [5.74, 6) is 0.341. The molecule has 1 atom stereocenters. The fraction of sp³-hybridized carbons (Fsp3) is 0.500. The number of aryl methyl sites for hydroxylation is 1. The SMILES string of the molecule is O=C(CCc1ccccc1)N1CCCC(c2cc(C(=O)N3CCOCC3)n[nH]2)C1. The number of hydrogen-bond acceptors (Lipinski definition) is 4. The summed E-state index contributed by atoms with van der Waals surface area (Å²) in [6, 6.07) is 12.0. The van der Waals surface area contributed by atoms with E-state index in [4.69, 9.17) is 4.74 Å². The second-order valence-corrected chi connectivity index (χ2v) is 7.78. The van der Waals surface area contributed by atoms with E-state index in [1.807, 2.05) is 29.2 Å². The standard InChI is InChI=1S/C22H28N4O3/c27-21(9-8-17-5-2-1-3-6-17)26-10-4-7-18(16-26)19-15-20(24-23-19)22(28)25-11-13-29-14-12-25/h1-3,5-6,15,18H,4,7-14,16H2,(H,23,24). The van der Waals surface area contributed by atoms with E-state index in [9.17, 15) is 9.59 Å². The zero-order valence-electron chi connectivity index (χ0n) is 16.7. The molecular weight excluding hydrogens is 368 g/mol. The third kappa shape index (κ3) is 4.85. The molecule has 0 spiro atoms. The van der Waals surface area contributed by atoms with E-state index in [0.29, 0.717) is 45.0 Å². The maximum atomic E-state index is 12.7. The molecule has 2 aliphatic heterocycles. The van der Waals surface area contributed by atoms with E-state index in [2.05, 4.69) is 22.3 Å². The van der Waals surface area contributed by atoms with Crippen molar-refractivity contribution in [1.29, 1.82) is 0 Å². The lowest BCUT2D eigenvalue weighted by molar-refractivity contribution is -0.132. The molecule has 2 saturated heterocycles. The Labute approximate surface area is 171 Å². The lowest BCUT2D eigenvalue weighted by Crippen LogP contribution is -2.40. The Morgan fingerprint density at radius 1 is 1.10 bits per heavy atom. The number of nitrogens with zero attached hydrogens (tertiary/aromatic N) is 3. The van der Waals surface area contributed by atoms with Crippen molar-refractivity contribution in [1.82, 2.24) is 20.0 Å². The molecule has 0 aliphatic carbocycles. The Morgan fingerprint density at radius 2 is 1.90 bits per heavy atom. The largest absolute Gasteiger partial charge is 0.378 e. The lowest BCUT2D eigenvalue weighted by Gasteiger charge is -2.32. The Hall–Kier alpha value is -2.67. The molecule has 1 N–H and O–H groups in total. The van der Waals surface area contributed by atoms with E-state index >= 15 is 0 Å². The lowest BCUT2D eigenvalue weighted by atomic mass is 9.94. The van der Waals surface area contributed by atoms with E-state index in [0.717, 1.165) is 31.5 Å². The van der Waals surface area contributed by atoms with E-state index in [1.165, 1.54) is 5.56 Å². The molecule has 2 amide bonds. The van der Waals surface area contributed by atoms with E-state index in [1.54, 1.807) is 4.90 Å². The molecule has 154 valence electrons. The van der Waals surface area contributed by atoms with Crippen LogP contribution in [0.15, 0.2) is 36.4 Å². The summed E-state index contributed by atoms with van der Waals surface area (Å²) in [5, 5.41) is 7.30. The first kappa shape index (κ1) is 19.6. The van der Waals surface area contributed by atoms with Gasteiger partial charge in [-0.1, -0.05) is 30.3 Å². The van der Waals surface area contributed by atoms with Gasteiger partial charge in [0.1, 0.15) is 5.69 Å². The third-order valence-corrected chi connectivity index (χ3v) is 5.80. The normalized spacial score (nSPS) is 19.9. The molecule has 29 heavy (non-hydrogen) atoms. The van der Waals surface area contributed by atoms with Gasteiger partial charge in [0.2, 0.25) is 5.91 Å². The number of nitrogens with one attached hydrogen (secondary N) is 1. The first-order valence-corrected chi connectivity index (χ1v) is 10.4. The molecule has 4 rings (SSSR count). The van der Waals surface area contributed by atoms with Crippen LogP contribution in [0.3, 0.4) is 0 Å². The van der Waals surface area contributed by atoms with Gasteiger partial charge in [-0.3, -0.25) is 14.7 Å². The molecule has 2 aromatic rings. The zero-order chi connectivity index (χ0) is 20.1. The third-order valence-electron chi connectivity index (χ3n) is 5.80. The fourth-order valence-corrected chi connectivity index (χ4v) is 4.10. The second-order valence-electron chi connectivity index (χ2n) is 7.78. The molecule has 1 aromatic carbocycles. The molecule has 2 aliphatic rings. The molecule has 0 bridgehead atoms. The van der Waals surface area contributed by atoms with Crippen LogP contribution >= 0.6 is 0 Å². The summed E-state index contributed by atoms with van der Waals surface area (Å²) in [6.45, 7) is 3.85. The van der Waals surface area contributed by atoms with Gasteiger partial charge in [-0.05, 0) is 30.9 Å². The number of ether oxygens (including phenoxy) is 1. The van der Waals surface area contributed by atoms with Crippen LogP contribution in [0.4, 0.5) is 0 Å². The second kappa shape index (κ2) is 9.22. The number of hydrogen-bond donors (Lipinski definition) is 1. The quantitative estimate of drug-likeness (QED) is 0.841. The maximum absolute atomic E-state index is 12.7. The van der Waals surface area contributed by atoms with Gasteiger partial charge in [-0.15, -0.1) is 0 Å². The highest BCUT2D eigenvalue weighted by Crippen LogP contribution is 2.27. The number of benzene rings is 1. The number of amides is 2. The molecule has 0 radical (unpaired) electrons. The van der Waals surface area contributed by atoms with Gasteiger partial charge in [-0.25, -0.2) is 0 Å². The van der Waals surface area contributed by atoms with Gasteiger partial charge in [0, 0.05) is 44.2 Å². The number of morpholine rings is 1. The summed E-state index contributed by atoms with van der Waals surface area (Å²) in [6.07, 6.45) is 3.26. The average molecular weight is 396 g/mol. The van der Waals surface area contributed by atoms with E-state index < -0.39 is 0 Å². The molecule has 1 aromatic heterocycles. The highest BCUT2D eigenvalue weighted by Gasteiger charge is 2.27. The van der Waals surface area contributed by atoms with E-state index in [-0.39, 0.29) is 17.7 Å². The number of aromatic amines is 1. The minimum Gasteiger partial charge on any atom is -0.378 e. The summed E-state index contributed by atoms with van der Waals surface area (Å²) >= 11 is 0. The van der Waals surface area contributed by atoms with Crippen molar-refractivity contribution in [2.75, 3.05) is 39.4 Å². The van der Waals surface area contributed by atoms with Crippen molar-refractivity contribution in [3.8, 4) is 0 Å². The average Bonchev–Trinajstić information content (AvgIpc) is 3.29. The van der Waals surface area contributed by atoms with Crippen LogP contribution in [-0.2, 0) is 16.0 Å². The van der Waals surface area contributed by atoms with Crippen LogP contribution in [0.1, 0.15) is 46.9 Å². The number of piperidine rings is 1. The van der Waals surface area contributed by atoms with Crippen LogP contribution < -0.4 is 0 Å². The molecule has 7 nitrogen and oxygen atoms in total. The van der Waals surface area contributed by atoms with Gasteiger partial charge in [0.05, 0.1) is 13.2 Å². The van der Waals surface area contributed by atoms with Crippen molar-refractivity contribution < 1.29 is 14.3 Å². The van der Waals surface area contributed by atoms with Gasteiger partial charge in [0.25, 0.3) is 5.91 Å². The van der Waals surface area contributed by atoms with Crippen molar-refractivity contribution in [3.63, 3.8) is 0 Å². The van der Waals surface area contributed by atoms with Gasteiger partial charge in [0.15, 0.2) is 0 Å². The molecule has 7 heteroatoms. The molecule has 0 saturated carbocycles. The topological polar surface area (TPSA) is 78.5 Å². The monoisotopic (exact) mass is 396 g/mol. The number of carbonyl (C=O) groups is 2. The first-order chi connectivity index (χ1) is 14.2. The number of likely N-dealkylation sites (tertiary alicyclic amines) is 1. The highest BCUT2D eigenvalue weighted by molar-refractivity contribution is 5.92. The van der Waals surface area contributed by atoms with Crippen LogP contribution in [-0.4, -0.2) is 71.2 Å². The van der Waals surface area contributed by atoms with Gasteiger partial charge >= 0.3 is 0 Å². The van der Waals surface area contributed by atoms with Gasteiger partial charge in [-0.2, -0.15) is 5.10 Å². The minimum absolute atomic E-state index is 0.0533. The maximum Gasteiger partial charge on any atom is 0.274 e. The number of rotatable bonds is 5. The highest BCUT2D eigenvalue weighted by atomic mass is 16.5. The van der Waals surface area contributed by atoms with Crippen LogP contribution in [0.5, 0.6) is 0 Å². The molecule has 2 fully saturated rings. The first-order valence-electron chi connectivity index (χ1n) is 10.4. The smallest absolute Gasteiger partial charge is 0.274 e. The van der Waals surface area contributed by atoms with Crippen LogP contribution in [0, 0.1) is 0 Å². The van der Waals surface area contributed by atoms with Crippen LogP contribution in [0.2, 0.25) is 0 Å². The molecule has 3 heterocycles. The number of aromatic nitrogens is 2. The zero-order valence-corrected chi connectivity index (χ0v) is 16.7. The number of carbonyl (C=O) groups excluding carboxylic acids is 2. The predicted molar refractivity (Wildman–Crippen MR) is 109 cm³/mol. The van der Waals surface area contributed by atoms with Crippen molar-refractivity contribution >= 4 is 11.8 Å². The summed E-state index contributed by atoms with van der Waals surface area (Å²) in [5.41, 5.74) is 2.59.